The van der Waals surface area contributed by atoms with Crippen molar-refractivity contribution in [1.29, 1.82) is 0 Å². The summed E-state index contributed by atoms with van der Waals surface area (Å²) in [7, 11) is 1.87. The van der Waals surface area contributed by atoms with Gasteiger partial charge < -0.3 is 9.64 Å². The van der Waals surface area contributed by atoms with Crippen LogP contribution in [0.1, 0.15) is 18.3 Å². The Labute approximate surface area is 122 Å². The summed E-state index contributed by atoms with van der Waals surface area (Å²) in [5.74, 6) is 0.455. The fraction of sp³-hybridized carbons (Fsp3) is 0.385. The minimum atomic E-state index is 0.113. The maximum atomic E-state index is 5.87. The highest BCUT2D eigenvalue weighted by atomic mass is 35.5. The van der Waals surface area contributed by atoms with Crippen LogP contribution in [0.25, 0.3) is 0 Å². The number of hydrogen-bond acceptors (Lipinski definition) is 6. The third kappa shape index (κ3) is 3.77. The van der Waals surface area contributed by atoms with Crippen molar-refractivity contribution in [2.75, 3.05) is 18.6 Å². The summed E-state index contributed by atoms with van der Waals surface area (Å²) in [5, 5.41) is 0.113. The molecular weight excluding hydrogens is 278 g/mol. The van der Waals surface area contributed by atoms with E-state index < -0.39 is 0 Å². The van der Waals surface area contributed by atoms with Gasteiger partial charge in [-0.05, 0) is 37.6 Å². The smallest absolute Gasteiger partial charge is 0.322 e. The Morgan fingerprint density at radius 1 is 1.20 bits per heavy atom. The van der Waals surface area contributed by atoms with E-state index in [4.69, 9.17) is 16.3 Å². The lowest BCUT2D eigenvalue weighted by Gasteiger charge is -2.17. The van der Waals surface area contributed by atoms with Crippen molar-refractivity contribution in [1.82, 2.24) is 19.9 Å². The molecule has 0 spiro atoms. The second kappa shape index (κ2) is 6.47. The molecule has 0 N–H and O–H groups in total. The topological polar surface area (TPSA) is 64.0 Å². The molecule has 0 amide bonds. The Morgan fingerprint density at radius 2 is 2.00 bits per heavy atom. The van der Waals surface area contributed by atoms with Gasteiger partial charge in [0, 0.05) is 12.7 Å². The van der Waals surface area contributed by atoms with Gasteiger partial charge in [-0.2, -0.15) is 15.0 Å². The van der Waals surface area contributed by atoms with Crippen molar-refractivity contribution in [3.8, 4) is 6.01 Å². The summed E-state index contributed by atoms with van der Waals surface area (Å²) in [4.78, 5) is 18.5. The molecule has 20 heavy (non-hydrogen) atoms. The lowest BCUT2D eigenvalue weighted by Crippen LogP contribution is -2.20. The zero-order chi connectivity index (χ0) is 14.5. The van der Waals surface area contributed by atoms with Crippen LogP contribution in [-0.4, -0.2) is 33.6 Å². The van der Waals surface area contributed by atoms with E-state index in [0.717, 1.165) is 11.4 Å². The molecule has 0 unspecified atom stereocenters. The Bertz CT molecular complexity index is 593. The monoisotopic (exact) mass is 293 g/mol. The third-order valence-corrected chi connectivity index (χ3v) is 2.70. The van der Waals surface area contributed by atoms with Crippen molar-refractivity contribution >= 4 is 17.5 Å². The van der Waals surface area contributed by atoms with Crippen LogP contribution in [0, 0.1) is 6.92 Å². The molecular formula is C13H16ClN5O. The van der Waals surface area contributed by atoms with E-state index in [0.29, 0.717) is 19.1 Å². The quantitative estimate of drug-likeness (QED) is 0.842. The molecule has 0 atom stereocenters. The summed E-state index contributed by atoms with van der Waals surface area (Å²) in [6.45, 7) is 4.87. The highest BCUT2D eigenvalue weighted by Gasteiger charge is 2.11. The maximum Gasteiger partial charge on any atom is 0.322 e. The predicted molar refractivity (Wildman–Crippen MR) is 77.1 cm³/mol. The van der Waals surface area contributed by atoms with Crippen LogP contribution in [0.4, 0.5) is 5.95 Å². The Hall–Kier alpha value is -1.95. The highest BCUT2D eigenvalue weighted by Crippen LogP contribution is 2.15. The largest absolute Gasteiger partial charge is 0.464 e. The molecule has 0 radical (unpaired) electrons. The first-order valence-corrected chi connectivity index (χ1v) is 6.64. The van der Waals surface area contributed by atoms with E-state index in [9.17, 15) is 0 Å². The fourth-order valence-electron chi connectivity index (χ4n) is 1.69. The predicted octanol–water partition coefficient (Wildman–Crippen LogP) is 2.26. The fourth-order valence-corrected chi connectivity index (χ4v) is 1.84. The number of nitrogens with zero attached hydrogens (tertiary/aromatic N) is 5. The first kappa shape index (κ1) is 14.5. The highest BCUT2D eigenvalue weighted by molar-refractivity contribution is 6.28. The van der Waals surface area contributed by atoms with E-state index in [-0.39, 0.29) is 11.3 Å². The number of halogens is 1. The average Bonchev–Trinajstić information content (AvgIpc) is 2.38. The van der Waals surface area contributed by atoms with Crippen LogP contribution in [0.3, 0.4) is 0 Å². The van der Waals surface area contributed by atoms with Crippen molar-refractivity contribution in [3.05, 3.63) is 34.9 Å². The van der Waals surface area contributed by atoms with Gasteiger partial charge in [0.15, 0.2) is 0 Å². The number of anilines is 1. The lowest BCUT2D eigenvalue weighted by molar-refractivity contribution is 0.311. The molecule has 106 valence electrons. The van der Waals surface area contributed by atoms with E-state index in [1.807, 2.05) is 44.0 Å². The number of rotatable bonds is 5. The molecule has 0 saturated heterocycles. The zero-order valence-electron chi connectivity index (χ0n) is 11.7. The molecule has 0 aliphatic rings. The van der Waals surface area contributed by atoms with Crippen LogP contribution in [0.5, 0.6) is 6.01 Å². The van der Waals surface area contributed by atoms with Crippen LogP contribution >= 0.6 is 11.6 Å². The molecule has 6 nitrogen and oxygen atoms in total. The molecule has 0 aliphatic carbocycles. The SMILES string of the molecule is CCOc1nc(Cl)nc(N(C)Cc2cccc(C)n2)n1. The van der Waals surface area contributed by atoms with Gasteiger partial charge in [0.2, 0.25) is 11.2 Å². The number of aryl methyl sites for hydroxylation is 1. The summed E-state index contributed by atoms with van der Waals surface area (Å²) >= 11 is 5.87. The summed E-state index contributed by atoms with van der Waals surface area (Å²) in [5.41, 5.74) is 1.90. The van der Waals surface area contributed by atoms with Gasteiger partial charge in [-0.3, -0.25) is 4.98 Å². The van der Waals surface area contributed by atoms with Crippen molar-refractivity contribution in [2.45, 2.75) is 20.4 Å². The second-order valence-electron chi connectivity index (χ2n) is 4.25. The van der Waals surface area contributed by atoms with Gasteiger partial charge in [0.1, 0.15) is 0 Å². The minimum absolute atomic E-state index is 0.113. The van der Waals surface area contributed by atoms with E-state index in [1.54, 1.807) is 0 Å². The molecule has 0 fully saturated rings. The van der Waals surface area contributed by atoms with Crippen LogP contribution in [-0.2, 0) is 6.54 Å². The normalized spacial score (nSPS) is 10.4. The summed E-state index contributed by atoms with van der Waals surface area (Å²) in [6.07, 6.45) is 0. The molecule has 2 rings (SSSR count). The molecule has 7 heteroatoms. The van der Waals surface area contributed by atoms with Gasteiger partial charge in [-0.1, -0.05) is 6.07 Å². The van der Waals surface area contributed by atoms with E-state index in [1.165, 1.54) is 0 Å². The van der Waals surface area contributed by atoms with Gasteiger partial charge >= 0.3 is 6.01 Å². The standard InChI is InChI=1S/C13H16ClN5O/c1-4-20-13-17-11(14)16-12(18-13)19(3)8-10-7-5-6-9(2)15-10/h5-7H,4,8H2,1-3H3. The molecule has 2 heterocycles. The van der Waals surface area contributed by atoms with E-state index in [2.05, 4.69) is 19.9 Å². The van der Waals surface area contributed by atoms with Gasteiger partial charge in [-0.25, -0.2) is 0 Å². The van der Waals surface area contributed by atoms with Crippen molar-refractivity contribution < 1.29 is 4.74 Å². The van der Waals surface area contributed by atoms with Gasteiger partial charge in [0.25, 0.3) is 0 Å². The Morgan fingerprint density at radius 3 is 2.70 bits per heavy atom. The van der Waals surface area contributed by atoms with Crippen molar-refractivity contribution in [2.24, 2.45) is 0 Å². The molecule has 2 aromatic rings. The zero-order valence-corrected chi connectivity index (χ0v) is 12.4. The summed E-state index contributed by atoms with van der Waals surface area (Å²) < 4.78 is 5.26. The third-order valence-electron chi connectivity index (χ3n) is 2.54. The first-order valence-electron chi connectivity index (χ1n) is 6.26. The summed E-state index contributed by atoms with van der Waals surface area (Å²) in [6, 6.07) is 6.11. The molecule has 0 bridgehead atoms. The second-order valence-corrected chi connectivity index (χ2v) is 4.58. The molecule has 2 aromatic heterocycles. The van der Waals surface area contributed by atoms with Crippen LogP contribution < -0.4 is 9.64 Å². The molecule has 0 aliphatic heterocycles. The number of hydrogen-bond donors (Lipinski definition) is 0. The number of aromatic nitrogens is 4. The minimum Gasteiger partial charge on any atom is -0.464 e. The van der Waals surface area contributed by atoms with Crippen LogP contribution in [0.2, 0.25) is 5.28 Å². The maximum absolute atomic E-state index is 5.87. The first-order chi connectivity index (χ1) is 9.58. The molecule has 0 saturated carbocycles. The average molecular weight is 294 g/mol. The van der Waals surface area contributed by atoms with E-state index >= 15 is 0 Å². The van der Waals surface area contributed by atoms with Crippen molar-refractivity contribution in [3.63, 3.8) is 0 Å². The molecule has 0 aromatic carbocycles. The van der Waals surface area contributed by atoms with Gasteiger partial charge in [-0.15, -0.1) is 0 Å². The van der Waals surface area contributed by atoms with Crippen LogP contribution in [0.15, 0.2) is 18.2 Å². The lowest BCUT2D eigenvalue weighted by atomic mass is 10.3. The number of ether oxygens (including phenoxy) is 1. The number of pyridine rings is 1. The Kier molecular flexibility index (Phi) is 4.68. The Balaban J connectivity index is 2.18. The van der Waals surface area contributed by atoms with Gasteiger partial charge in [0.05, 0.1) is 18.8 Å².